The van der Waals surface area contributed by atoms with Crippen molar-refractivity contribution in [2.45, 2.75) is 6.61 Å². The number of aliphatic hydroxyl groups excluding tert-OH is 1. The molecule has 0 aliphatic heterocycles. The number of methoxy groups -OCH3 is 1. The average Bonchev–Trinajstić information content (AvgIpc) is 2.95. The van der Waals surface area contributed by atoms with Crippen molar-refractivity contribution in [3.05, 3.63) is 53.5 Å². The quantitative estimate of drug-likeness (QED) is 0.640. The number of hydrogen-bond acceptors (Lipinski definition) is 5. The third-order valence-electron chi connectivity index (χ3n) is 2.55. The van der Waals surface area contributed by atoms with Crippen LogP contribution in [-0.4, -0.2) is 24.3 Å². The molecule has 20 heavy (non-hydrogen) atoms. The number of nitrogens with zero attached hydrogens (tertiary/aromatic N) is 1. The zero-order valence-electron chi connectivity index (χ0n) is 10.9. The summed E-state index contributed by atoms with van der Waals surface area (Å²) in [6.07, 6.45) is 1.36. The van der Waals surface area contributed by atoms with E-state index in [1.807, 2.05) is 0 Å². The molecule has 104 valence electrons. The van der Waals surface area contributed by atoms with Gasteiger partial charge in [0.2, 0.25) is 0 Å². The number of rotatable bonds is 5. The van der Waals surface area contributed by atoms with Gasteiger partial charge in [-0.15, -0.1) is 0 Å². The Kier molecular flexibility index (Phi) is 4.52. The van der Waals surface area contributed by atoms with Crippen molar-refractivity contribution in [2.24, 2.45) is 5.10 Å². The van der Waals surface area contributed by atoms with Crippen LogP contribution in [0.4, 0.5) is 0 Å². The number of aliphatic hydroxyl groups is 1. The lowest BCUT2D eigenvalue weighted by molar-refractivity contribution is 0.0955. The van der Waals surface area contributed by atoms with E-state index in [0.717, 1.165) is 0 Å². The normalized spacial score (nSPS) is 10.7. The van der Waals surface area contributed by atoms with Gasteiger partial charge in [-0.05, 0) is 36.4 Å². The Morgan fingerprint density at radius 1 is 1.35 bits per heavy atom. The van der Waals surface area contributed by atoms with Gasteiger partial charge in [0.1, 0.15) is 23.9 Å². The van der Waals surface area contributed by atoms with Crippen LogP contribution in [0.15, 0.2) is 45.9 Å². The van der Waals surface area contributed by atoms with E-state index in [-0.39, 0.29) is 12.5 Å². The molecule has 2 rings (SSSR count). The van der Waals surface area contributed by atoms with E-state index >= 15 is 0 Å². The molecule has 0 radical (unpaired) electrons. The van der Waals surface area contributed by atoms with Crippen LogP contribution >= 0.6 is 0 Å². The summed E-state index contributed by atoms with van der Waals surface area (Å²) in [4.78, 5) is 11.8. The number of carbonyl (C=O) groups excluding carboxylic acids is 1. The number of hydrazone groups is 1. The van der Waals surface area contributed by atoms with Crippen LogP contribution in [0.1, 0.15) is 21.9 Å². The molecule has 0 saturated carbocycles. The molecule has 0 atom stereocenters. The Labute approximate surface area is 115 Å². The molecule has 0 unspecified atom stereocenters. The molecule has 2 aromatic rings. The minimum atomic E-state index is -0.335. The molecule has 0 bridgehead atoms. The van der Waals surface area contributed by atoms with Crippen LogP contribution in [0.2, 0.25) is 0 Å². The monoisotopic (exact) mass is 274 g/mol. The maximum absolute atomic E-state index is 11.8. The molecular formula is C14H14N2O4. The predicted molar refractivity (Wildman–Crippen MR) is 72.7 cm³/mol. The average molecular weight is 274 g/mol. The minimum absolute atomic E-state index is 0.175. The van der Waals surface area contributed by atoms with Crippen molar-refractivity contribution in [1.82, 2.24) is 5.43 Å². The van der Waals surface area contributed by atoms with Gasteiger partial charge in [0, 0.05) is 5.56 Å². The smallest absolute Gasteiger partial charge is 0.271 e. The van der Waals surface area contributed by atoms with E-state index < -0.39 is 0 Å². The summed E-state index contributed by atoms with van der Waals surface area (Å²) in [6, 6.07) is 9.94. The lowest BCUT2D eigenvalue weighted by Crippen LogP contribution is -2.17. The molecule has 6 nitrogen and oxygen atoms in total. The Morgan fingerprint density at radius 3 is 2.70 bits per heavy atom. The van der Waals surface area contributed by atoms with E-state index in [2.05, 4.69) is 10.5 Å². The van der Waals surface area contributed by atoms with E-state index in [4.69, 9.17) is 14.3 Å². The predicted octanol–water partition coefficient (Wildman–Crippen LogP) is 1.54. The van der Waals surface area contributed by atoms with Gasteiger partial charge in [0.05, 0.1) is 13.3 Å². The molecule has 0 spiro atoms. The fraction of sp³-hybridized carbons (Fsp3) is 0.143. The van der Waals surface area contributed by atoms with Crippen LogP contribution in [-0.2, 0) is 6.61 Å². The van der Waals surface area contributed by atoms with E-state index in [9.17, 15) is 4.79 Å². The fourth-order valence-electron chi connectivity index (χ4n) is 1.51. The van der Waals surface area contributed by atoms with E-state index in [1.54, 1.807) is 43.5 Å². The van der Waals surface area contributed by atoms with Crippen molar-refractivity contribution in [3.8, 4) is 5.75 Å². The Balaban J connectivity index is 1.93. The lowest BCUT2D eigenvalue weighted by Gasteiger charge is -2.01. The first-order valence-corrected chi connectivity index (χ1v) is 5.90. The SMILES string of the molecule is COc1ccc(C(=O)NN=Cc2ccc(CO)o2)cc1. The van der Waals surface area contributed by atoms with Crippen LogP contribution in [0, 0.1) is 0 Å². The summed E-state index contributed by atoms with van der Waals surface area (Å²) >= 11 is 0. The zero-order valence-corrected chi connectivity index (χ0v) is 10.9. The minimum Gasteiger partial charge on any atom is -0.497 e. The first-order valence-electron chi connectivity index (χ1n) is 5.90. The van der Waals surface area contributed by atoms with Crippen molar-refractivity contribution in [3.63, 3.8) is 0 Å². The van der Waals surface area contributed by atoms with Crippen LogP contribution in [0.5, 0.6) is 5.75 Å². The zero-order chi connectivity index (χ0) is 14.4. The first kappa shape index (κ1) is 13.8. The highest BCUT2D eigenvalue weighted by Gasteiger charge is 2.04. The van der Waals surface area contributed by atoms with Crippen molar-refractivity contribution < 1.29 is 19.1 Å². The van der Waals surface area contributed by atoms with Crippen molar-refractivity contribution >= 4 is 12.1 Å². The molecule has 1 amide bonds. The second kappa shape index (κ2) is 6.53. The van der Waals surface area contributed by atoms with E-state index in [1.165, 1.54) is 6.21 Å². The summed E-state index contributed by atoms with van der Waals surface area (Å²) in [6.45, 7) is -0.175. The third kappa shape index (κ3) is 3.46. The molecule has 6 heteroatoms. The Morgan fingerprint density at radius 2 is 2.10 bits per heavy atom. The highest BCUT2D eigenvalue weighted by atomic mass is 16.5. The molecular weight excluding hydrogens is 260 g/mol. The van der Waals surface area contributed by atoms with Gasteiger partial charge in [-0.25, -0.2) is 5.43 Å². The van der Waals surface area contributed by atoms with Gasteiger partial charge in [0.25, 0.3) is 5.91 Å². The fourth-order valence-corrected chi connectivity index (χ4v) is 1.51. The second-order valence-electron chi connectivity index (χ2n) is 3.89. The highest BCUT2D eigenvalue weighted by molar-refractivity contribution is 5.94. The summed E-state index contributed by atoms with van der Waals surface area (Å²) < 4.78 is 10.2. The number of nitrogens with one attached hydrogen (secondary N) is 1. The first-order chi connectivity index (χ1) is 9.72. The molecule has 0 aliphatic rings. The maximum Gasteiger partial charge on any atom is 0.271 e. The topological polar surface area (TPSA) is 84.1 Å². The largest absolute Gasteiger partial charge is 0.497 e. The second-order valence-corrected chi connectivity index (χ2v) is 3.89. The van der Waals surface area contributed by atoms with Crippen LogP contribution < -0.4 is 10.2 Å². The number of benzene rings is 1. The molecule has 1 heterocycles. The molecule has 0 fully saturated rings. The number of furan rings is 1. The summed E-state index contributed by atoms with van der Waals surface area (Å²) in [5, 5.41) is 12.6. The molecule has 2 N–H and O–H groups in total. The highest BCUT2D eigenvalue weighted by Crippen LogP contribution is 2.11. The maximum atomic E-state index is 11.8. The molecule has 0 aliphatic carbocycles. The third-order valence-corrected chi connectivity index (χ3v) is 2.55. The summed E-state index contributed by atoms with van der Waals surface area (Å²) in [7, 11) is 1.56. The molecule has 1 aromatic carbocycles. The van der Waals surface area contributed by atoms with Crippen LogP contribution in [0.3, 0.4) is 0 Å². The van der Waals surface area contributed by atoms with Gasteiger partial charge in [0.15, 0.2) is 0 Å². The van der Waals surface area contributed by atoms with E-state index in [0.29, 0.717) is 22.8 Å². The number of amides is 1. The number of carbonyl (C=O) groups is 1. The molecule has 1 aromatic heterocycles. The standard InChI is InChI=1S/C14H14N2O4/c1-19-11-4-2-10(3-5-11)14(18)16-15-8-12-6-7-13(9-17)20-12/h2-8,17H,9H2,1H3,(H,16,18). The van der Waals surface area contributed by atoms with Crippen LogP contribution in [0.25, 0.3) is 0 Å². The van der Waals surface area contributed by atoms with Gasteiger partial charge in [-0.1, -0.05) is 0 Å². The Hall–Kier alpha value is -2.60. The van der Waals surface area contributed by atoms with Crippen molar-refractivity contribution in [1.29, 1.82) is 0 Å². The van der Waals surface area contributed by atoms with Gasteiger partial charge >= 0.3 is 0 Å². The van der Waals surface area contributed by atoms with Gasteiger partial charge < -0.3 is 14.3 Å². The van der Waals surface area contributed by atoms with Crippen molar-refractivity contribution in [2.75, 3.05) is 7.11 Å². The number of hydrogen-bond donors (Lipinski definition) is 2. The summed E-state index contributed by atoms with van der Waals surface area (Å²) in [5.41, 5.74) is 2.85. The lowest BCUT2D eigenvalue weighted by atomic mass is 10.2. The van der Waals surface area contributed by atoms with Gasteiger partial charge in [-0.2, -0.15) is 5.10 Å². The number of ether oxygens (including phenoxy) is 1. The molecule has 0 saturated heterocycles. The Bertz CT molecular complexity index is 602. The summed E-state index contributed by atoms with van der Waals surface area (Å²) in [5.74, 6) is 1.23. The van der Waals surface area contributed by atoms with Gasteiger partial charge in [-0.3, -0.25) is 4.79 Å².